The van der Waals surface area contributed by atoms with Crippen molar-refractivity contribution in [2.45, 2.75) is 25.8 Å². The van der Waals surface area contributed by atoms with E-state index in [9.17, 15) is 9.59 Å². The van der Waals surface area contributed by atoms with Crippen LogP contribution in [0, 0.1) is 0 Å². The zero-order valence-electron chi connectivity index (χ0n) is 14.8. The third-order valence-corrected chi connectivity index (χ3v) is 5.39. The van der Waals surface area contributed by atoms with Crippen LogP contribution in [0.25, 0.3) is 10.9 Å². The molecule has 5 nitrogen and oxygen atoms in total. The van der Waals surface area contributed by atoms with Gasteiger partial charge in [-0.15, -0.1) is 0 Å². The van der Waals surface area contributed by atoms with Gasteiger partial charge in [-0.05, 0) is 42.0 Å². The van der Waals surface area contributed by atoms with E-state index in [1.807, 2.05) is 30.5 Å². The highest BCUT2D eigenvalue weighted by atomic mass is 16.2. The fourth-order valence-electron chi connectivity index (χ4n) is 3.91. The van der Waals surface area contributed by atoms with Gasteiger partial charge in [-0.25, -0.2) is 0 Å². The lowest BCUT2D eigenvalue weighted by atomic mass is 10.1. The third-order valence-electron chi connectivity index (χ3n) is 5.39. The number of aromatic amines is 1. The molecule has 0 unspecified atom stereocenters. The van der Waals surface area contributed by atoms with Crippen molar-refractivity contribution >= 4 is 28.0 Å². The van der Waals surface area contributed by atoms with Crippen molar-refractivity contribution in [3.05, 3.63) is 85.8 Å². The molecule has 134 valence electrons. The first kappa shape index (κ1) is 15.9. The van der Waals surface area contributed by atoms with E-state index in [4.69, 9.17) is 0 Å². The maximum Gasteiger partial charge on any atom is 0.253 e. The molecule has 0 fully saturated rings. The maximum absolute atomic E-state index is 12.1. The molecule has 0 spiro atoms. The van der Waals surface area contributed by atoms with Crippen LogP contribution in [-0.4, -0.2) is 4.98 Å². The Hall–Kier alpha value is -3.34. The molecule has 5 rings (SSSR count). The van der Waals surface area contributed by atoms with Gasteiger partial charge in [0.2, 0.25) is 0 Å². The Labute approximate surface area is 155 Å². The minimum absolute atomic E-state index is 0.339. The summed E-state index contributed by atoms with van der Waals surface area (Å²) < 4.78 is 0. The number of aryl methyl sites for hydroxylation is 2. The molecule has 1 aliphatic rings. The van der Waals surface area contributed by atoms with Gasteiger partial charge in [-0.1, -0.05) is 36.4 Å². The highest BCUT2D eigenvalue weighted by molar-refractivity contribution is 5.95. The van der Waals surface area contributed by atoms with Crippen LogP contribution in [0.15, 0.2) is 58.3 Å². The van der Waals surface area contributed by atoms with Crippen LogP contribution in [0.3, 0.4) is 0 Å². The molecule has 0 saturated carbocycles. The zero-order chi connectivity index (χ0) is 18.4. The van der Waals surface area contributed by atoms with Crippen LogP contribution in [0.1, 0.15) is 23.1 Å². The van der Waals surface area contributed by atoms with Crippen molar-refractivity contribution in [1.82, 2.24) is 4.98 Å². The van der Waals surface area contributed by atoms with E-state index in [2.05, 4.69) is 33.8 Å². The molecule has 3 aromatic carbocycles. The van der Waals surface area contributed by atoms with Crippen LogP contribution in [-0.2, 0) is 19.4 Å². The first-order valence-corrected chi connectivity index (χ1v) is 9.22. The standard InChI is InChI=1S/C22H19N3O2/c26-21-19(24-11-13-8-9-14-4-3-5-15(14)10-13)20(22(21)27)25-18-12-23-17-7-2-1-6-16(17)18/h1-2,6-10,12,23-25H,3-5,11H2. The lowest BCUT2D eigenvalue weighted by Gasteiger charge is -2.15. The summed E-state index contributed by atoms with van der Waals surface area (Å²) >= 11 is 0. The van der Waals surface area contributed by atoms with E-state index in [0.717, 1.165) is 35.0 Å². The quantitative estimate of drug-likeness (QED) is 0.477. The number of para-hydroxylation sites is 1. The summed E-state index contributed by atoms with van der Waals surface area (Å²) in [5.41, 5.74) is 5.49. The third kappa shape index (κ3) is 2.63. The Kier molecular flexibility index (Phi) is 3.60. The molecule has 1 aromatic heterocycles. The van der Waals surface area contributed by atoms with E-state index < -0.39 is 10.9 Å². The normalized spacial score (nSPS) is 13.2. The summed E-state index contributed by atoms with van der Waals surface area (Å²) in [6, 6.07) is 14.3. The number of rotatable bonds is 5. The van der Waals surface area contributed by atoms with Gasteiger partial charge in [-0.2, -0.15) is 0 Å². The average Bonchev–Trinajstić information content (AvgIpc) is 3.33. The Balaban J connectivity index is 1.38. The predicted molar refractivity (Wildman–Crippen MR) is 109 cm³/mol. The van der Waals surface area contributed by atoms with Gasteiger partial charge < -0.3 is 15.6 Å². The molecule has 0 aliphatic heterocycles. The predicted octanol–water partition coefficient (Wildman–Crippen LogP) is 3.61. The molecule has 4 aromatic rings. The van der Waals surface area contributed by atoms with Crippen molar-refractivity contribution in [2.75, 3.05) is 10.6 Å². The van der Waals surface area contributed by atoms with Crippen LogP contribution >= 0.6 is 0 Å². The average molecular weight is 357 g/mol. The second-order valence-corrected chi connectivity index (χ2v) is 7.09. The molecule has 0 radical (unpaired) electrons. The van der Waals surface area contributed by atoms with Gasteiger partial charge in [0, 0.05) is 23.6 Å². The summed E-state index contributed by atoms with van der Waals surface area (Å²) in [7, 11) is 0. The lowest BCUT2D eigenvalue weighted by molar-refractivity contribution is 0.911. The van der Waals surface area contributed by atoms with Crippen LogP contribution in [0.2, 0.25) is 0 Å². The molecule has 0 atom stereocenters. The fraction of sp³-hybridized carbons (Fsp3) is 0.182. The second kappa shape index (κ2) is 6.13. The number of aromatic nitrogens is 1. The van der Waals surface area contributed by atoms with Gasteiger partial charge in [-0.3, -0.25) is 9.59 Å². The SMILES string of the molecule is O=c1c(NCc2ccc3c(c2)CCC3)c(Nc2c[nH]c3ccccc23)c1=O. The summed E-state index contributed by atoms with van der Waals surface area (Å²) in [5, 5.41) is 7.26. The molecule has 0 saturated heterocycles. The smallest absolute Gasteiger partial charge is 0.253 e. The number of hydrogen-bond donors (Lipinski definition) is 3. The molecule has 1 heterocycles. The van der Waals surface area contributed by atoms with E-state index in [1.165, 1.54) is 17.5 Å². The molecule has 5 heteroatoms. The Morgan fingerprint density at radius 2 is 1.74 bits per heavy atom. The monoisotopic (exact) mass is 357 g/mol. The lowest BCUT2D eigenvalue weighted by Crippen LogP contribution is -2.36. The molecular formula is C22H19N3O2. The Morgan fingerprint density at radius 3 is 2.67 bits per heavy atom. The first-order valence-electron chi connectivity index (χ1n) is 9.22. The fourth-order valence-corrected chi connectivity index (χ4v) is 3.91. The Morgan fingerprint density at radius 1 is 0.926 bits per heavy atom. The highest BCUT2D eigenvalue weighted by Gasteiger charge is 2.22. The molecule has 3 N–H and O–H groups in total. The number of hydrogen-bond acceptors (Lipinski definition) is 4. The minimum atomic E-state index is -0.475. The first-order chi connectivity index (χ1) is 13.2. The summed E-state index contributed by atoms with van der Waals surface area (Å²) in [6.07, 6.45) is 5.30. The number of benzene rings is 2. The van der Waals surface area contributed by atoms with Gasteiger partial charge in [0.15, 0.2) is 0 Å². The summed E-state index contributed by atoms with van der Waals surface area (Å²) in [4.78, 5) is 27.3. The van der Waals surface area contributed by atoms with Crippen LogP contribution in [0.4, 0.5) is 17.1 Å². The second-order valence-electron chi connectivity index (χ2n) is 7.09. The summed E-state index contributed by atoms with van der Waals surface area (Å²) in [6.45, 7) is 0.528. The van der Waals surface area contributed by atoms with E-state index in [1.54, 1.807) is 0 Å². The zero-order valence-corrected chi connectivity index (χ0v) is 14.8. The number of fused-ring (bicyclic) bond motifs is 2. The maximum atomic E-state index is 12.1. The number of anilines is 3. The minimum Gasteiger partial charge on any atom is -0.376 e. The Bertz CT molecular complexity index is 1230. The van der Waals surface area contributed by atoms with Gasteiger partial charge in [0.1, 0.15) is 11.4 Å². The van der Waals surface area contributed by atoms with E-state index in [-0.39, 0.29) is 0 Å². The van der Waals surface area contributed by atoms with Gasteiger partial charge >= 0.3 is 0 Å². The molecule has 0 amide bonds. The molecule has 27 heavy (non-hydrogen) atoms. The van der Waals surface area contributed by atoms with E-state index in [0.29, 0.717) is 17.9 Å². The molecular weight excluding hydrogens is 338 g/mol. The van der Waals surface area contributed by atoms with Crippen molar-refractivity contribution in [1.29, 1.82) is 0 Å². The van der Waals surface area contributed by atoms with Crippen molar-refractivity contribution in [3.8, 4) is 0 Å². The van der Waals surface area contributed by atoms with Crippen LogP contribution < -0.4 is 21.5 Å². The van der Waals surface area contributed by atoms with E-state index >= 15 is 0 Å². The largest absolute Gasteiger partial charge is 0.376 e. The highest BCUT2D eigenvalue weighted by Crippen LogP contribution is 2.28. The molecule has 0 bridgehead atoms. The topological polar surface area (TPSA) is 74.0 Å². The van der Waals surface area contributed by atoms with Crippen molar-refractivity contribution in [2.24, 2.45) is 0 Å². The van der Waals surface area contributed by atoms with Crippen LogP contribution in [0.5, 0.6) is 0 Å². The molecule has 1 aliphatic carbocycles. The van der Waals surface area contributed by atoms with Gasteiger partial charge in [0.05, 0.1) is 5.69 Å². The number of nitrogens with one attached hydrogen (secondary N) is 3. The number of H-pyrrole nitrogens is 1. The van der Waals surface area contributed by atoms with Crippen molar-refractivity contribution < 1.29 is 0 Å². The summed E-state index contributed by atoms with van der Waals surface area (Å²) in [5.74, 6) is 0. The van der Waals surface area contributed by atoms with Gasteiger partial charge in [0.25, 0.3) is 10.9 Å². The van der Waals surface area contributed by atoms with Crippen molar-refractivity contribution in [3.63, 3.8) is 0 Å².